The lowest BCUT2D eigenvalue weighted by Gasteiger charge is -2.29. The minimum absolute atomic E-state index is 0.160. The van der Waals surface area contributed by atoms with E-state index in [1.54, 1.807) is 26.2 Å². The first kappa shape index (κ1) is 25.4. The molecule has 0 saturated carbocycles. The fraction of sp³-hybridized carbons (Fsp3) is 0.462. The van der Waals surface area contributed by atoms with Crippen molar-refractivity contribution in [3.05, 3.63) is 59.6 Å². The number of carbonyl (C=O) groups is 2. The van der Waals surface area contributed by atoms with Gasteiger partial charge in [0.15, 0.2) is 0 Å². The van der Waals surface area contributed by atoms with Crippen molar-refractivity contribution < 1.29 is 9.59 Å². The molecule has 1 aromatic heterocycles. The van der Waals surface area contributed by atoms with Crippen LogP contribution in [-0.2, 0) is 22.4 Å². The van der Waals surface area contributed by atoms with Crippen molar-refractivity contribution in [3.8, 4) is 0 Å². The first-order valence-electron chi connectivity index (χ1n) is 12.0. The zero-order valence-electron chi connectivity index (χ0n) is 20.7. The molecular weight excluding hydrogens is 428 g/mol. The van der Waals surface area contributed by atoms with Crippen molar-refractivity contribution >= 4 is 23.3 Å². The van der Waals surface area contributed by atoms with Crippen molar-refractivity contribution in [1.82, 2.24) is 25.1 Å². The van der Waals surface area contributed by atoms with Gasteiger partial charge in [0, 0.05) is 31.9 Å². The van der Waals surface area contributed by atoms with Gasteiger partial charge in [-0.25, -0.2) is 4.98 Å². The Hall–Kier alpha value is -3.26. The van der Waals surface area contributed by atoms with E-state index in [9.17, 15) is 9.59 Å². The van der Waals surface area contributed by atoms with Crippen LogP contribution in [0.4, 0.5) is 11.5 Å². The zero-order chi connectivity index (χ0) is 24.5. The Morgan fingerprint density at radius 3 is 2.76 bits per heavy atom. The van der Waals surface area contributed by atoms with Crippen molar-refractivity contribution in [3.63, 3.8) is 0 Å². The molecule has 0 unspecified atom stereocenters. The first-order chi connectivity index (χ1) is 16.4. The maximum atomic E-state index is 12.5. The Morgan fingerprint density at radius 1 is 1.29 bits per heavy atom. The summed E-state index contributed by atoms with van der Waals surface area (Å²) in [6.45, 7) is 9.22. The molecule has 8 nitrogen and oxygen atoms in total. The lowest BCUT2D eigenvalue weighted by molar-refractivity contribution is -0.135. The van der Waals surface area contributed by atoms with Crippen LogP contribution in [0, 0.1) is 6.92 Å². The highest BCUT2D eigenvalue weighted by atomic mass is 16.2. The molecule has 182 valence electrons. The summed E-state index contributed by atoms with van der Waals surface area (Å²) in [5.41, 5.74) is 3.94. The van der Waals surface area contributed by atoms with Gasteiger partial charge in [0.2, 0.25) is 11.8 Å². The second-order valence-electron chi connectivity index (χ2n) is 8.69. The van der Waals surface area contributed by atoms with E-state index in [0.29, 0.717) is 18.8 Å². The summed E-state index contributed by atoms with van der Waals surface area (Å²) in [7, 11) is 1.66. The minimum Gasteiger partial charge on any atom is -0.354 e. The largest absolute Gasteiger partial charge is 0.354 e. The first-order valence-corrected chi connectivity index (χ1v) is 12.0. The highest BCUT2D eigenvalue weighted by Gasteiger charge is 2.20. The van der Waals surface area contributed by atoms with Crippen LogP contribution in [0.25, 0.3) is 0 Å². The van der Waals surface area contributed by atoms with E-state index in [-0.39, 0.29) is 11.8 Å². The molecular formula is C26H36N6O2. The number of carbonyl (C=O) groups excluding carboxylic acids is 2. The number of benzene rings is 1. The van der Waals surface area contributed by atoms with Gasteiger partial charge in [0.25, 0.3) is 0 Å². The molecule has 2 N–H and O–H groups in total. The average Bonchev–Trinajstić information content (AvgIpc) is 2.80. The fourth-order valence-corrected chi connectivity index (χ4v) is 3.70. The van der Waals surface area contributed by atoms with E-state index < -0.39 is 6.04 Å². The van der Waals surface area contributed by atoms with Gasteiger partial charge in [-0.2, -0.15) is 0 Å². The summed E-state index contributed by atoms with van der Waals surface area (Å²) in [5.74, 6) is 0.385. The standard InChI is InChI=1S/C26H36N6O2/c1-5-23-19(2)29-24(18-28-23)30-22-10-6-9-21(17-22)12-13-27-26(34)20(3)31(4)25(33)11-7-14-32-15-8-16-32/h6-7,9-11,17-18,20H,5,8,12-16H2,1-4H3,(H,27,34)(H,29,30)/b11-7+/t20-/m0/s1. The van der Waals surface area contributed by atoms with Crippen LogP contribution in [0.2, 0.25) is 0 Å². The van der Waals surface area contributed by atoms with Gasteiger partial charge in [0.1, 0.15) is 11.9 Å². The fourth-order valence-electron chi connectivity index (χ4n) is 3.70. The summed E-state index contributed by atoms with van der Waals surface area (Å²) in [6, 6.07) is 7.48. The van der Waals surface area contributed by atoms with Gasteiger partial charge in [-0.3, -0.25) is 19.5 Å². The quantitative estimate of drug-likeness (QED) is 0.497. The van der Waals surface area contributed by atoms with Gasteiger partial charge >= 0.3 is 0 Å². The number of hydrogen-bond acceptors (Lipinski definition) is 6. The number of aryl methyl sites for hydroxylation is 2. The molecule has 2 aromatic rings. The third-order valence-electron chi connectivity index (χ3n) is 6.18. The Kier molecular flexibility index (Phi) is 9.16. The molecule has 34 heavy (non-hydrogen) atoms. The predicted octanol–water partition coefficient (Wildman–Crippen LogP) is 2.86. The molecule has 1 aliphatic heterocycles. The monoisotopic (exact) mass is 464 g/mol. The number of rotatable bonds is 11. The van der Waals surface area contributed by atoms with Crippen LogP contribution in [0.1, 0.15) is 37.2 Å². The molecule has 0 aliphatic carbocycles. The van der Waals surface area contributed by atoms with Crippen LogP contribution >= 0.6 is 0 Å². The number of likely N-dealkylation sites (tertiary alicyclic amines) is 1. The van der Waals surface area contributed by atoms with Crippen LogP contribution in [0.5, 0.6) is 0 Å². The second-order valence-corrected chi connectivity index (χ2v) is 8.69. The third-order valence-corrected chi connectivity index (χ3v) is 6.18. The summed E-state index contributed by atoms with van der Waals surface area (Å²) in [5, 5.41) is 6.24. The molecule has 0 bridgehead atoms. The summed E-state index contributed by atoms with van der Waals surface area (Å²) in [4.78, 5) is 37.6. The van der Waals surface area contributed by atoms with Gasteiger partial charge in [-0.1, -0.05) is 25.1 Å². The molecule has 2 heterocycles. The summed E-state index contributed by atoms with van der Waals surface area (Å²) >= 11 is 0. The zero-order valence-corrected chi connectivity index (χ0v) is 20.7. The molecule has 3 rings (SSSR count). The number of amides is 2. The van der Waals surface area contributed by atoms with Gasteiger partial charge in [-0.05, 0) is 63.9 Å². The van der Waals surface area contributed by atoms with E-state index >= 15 is 0 Å². The van der Waals surface area contributed by atoms with Crippen LogP contribution in [-0.4, -0.2) is 70.9 Å². The highest BCUT2D eigenvalue weighted by molar-refractivity contribution is 5.92. The van der Waals surface area contributed by atoms with Crippen molar-refractivity contribution in [2.24, 2.45) is 0 Å². The SMILES string of the molecule is CCc1ncc(Nc2cccc(CCNC(=O)[C@H](C)N(C)C(=O)/C=C/CN3CCC3)c2)nc1C. The van der Waals surface area contributed by atoms with Crippen LogP contribution in [0.3, 0.4) is 0 Å². The van der Waals surface area contributed by atoms with E-state index in [1.165, 1.54) is 11.3 Å². The van der Waals surface area contributed by atoms with Gasteiger partial charge < -0.3 is 15.5 Å². The van der Waals surface area contributed by atoms with Crippen molar-refractivity contribution in [2.75, 3.05) is 38.5 Å². The van der Waals surface area contributed by atoms with Crippen LogP contribution in [0.15, 0.2) is 42.6 Å². The summed E-state index contributed by atoms with van der Waals surface area (Å²) in [6.07, 6.45) is 7.94. The van der Waals surface area contributed by atoms with E-state index in [1.807, 2.05) is 37.3 Å². The number of anilines is 2. The normalized spacial score (nSPS) is 14.5. The Bertz CT molecular complexity index is 1020. The molecule has 1 aliphatic rings. The smallest absolute Gasteiger partial charge is 0.246 e. The Balaban J connectivity index is 1.45. The molecule has 8 heteroatoms. The topological polar surface area (TPSA) is 90.5 Å². The predicted molar refractivity (Wildman–Crippen MR) is 135 cm³/mol. The van der Waals surface area contributed by atoms with E-state index in [4.69, 9.17) is 0 Å². The molecule has 1 aromatic carbocycles. The van der Waals surface area contributed by atoms with Crippen LogP contribution < -0.4 is 10.6 Å². The Morgan fingerprint density at radius 2 is 2.09 bits per heavy atom. The molecule has 0 spiro atoms. The van der Waals surface area contributed by atoms with E-state index in [2.05, 4.69) is 32.4 Å². The minimum atomic E-state index is -0.540. The molecule has 1 fully saturated rings. The van der Waals surface area contributed by atoms with Gasteiger partial charge in [0.05, 0.1) is 17.6 Å². The maximum Gasteiger partial charge on any atom is 0.246 e. The number of likely N-dealkylation sites (N-methyl/N-ethyl adjacent to an activating group) is 1. The third kappa shape index (κ3) is 7.12. The van der Waals surface area contributed by atoms with E-state index in [0.717, 1.165) is 48.7 Å². The second kappa shape index (κ2) is 12.3. The molecule has 1 atom stereocenters. The van der Waals surface area contributed by atoms with Crippen molar-refractivity contribution in [2.45, 2.75) is 46.1 Å². The number of aromatic nitrogens is 2. The average molecular weight is 465 g/mol. The maximum absolute atomic E-state index is 12.5. The lowest BCUT2D eigenvalue weighted by atomic mass is 10.1. The molecule has 2 amide bonds. The lowest BCUT2D eigenvalue weighted by Crippen LogP contribution is -2.46. The van der Waals surface area contributed by atoms with Gasteiger partial charge in [-0.15, -0.1) is 0 Å². The summed E-state index contributed by atoms with van der Waals surface area (Å²) < 4.78 is 0. The highest BCUT2D eigenvalue weighted by Crippen LogP contribution is 2.17. The van der Waals surface area contributed by atoms with Crippen molar-refractivity contribution in [1.29, 1.82) is 0 Å². The molecule has 0 radical (unpaired) electrons. The Labute approximate surface area is 202 Å². The number of nitrogens with one attached hydrogen (secondary N) is 2. The number of hydrogen-bond donors (Lipinski definition) is 2. The number of nitrogens with zero attached hydrogens (tertiary/aromatic N) is 4. The molecule has 1 saturated heterocycles.